The Labute approximate surface area is 133 Å². The van der Waals surface area contributed by atoms with Gasteiger partial charge < -0.3 is 5.32 Å². The molecule has 21 heavy (non-hydrogen) atoms. The van der Waals surface area contributed by atoms with Crippen molar-refractivity contribution >= 4 is 17.5 Å². The van der Waals surface area contributed by atoms with Crippen molar-refractivity contribution in [2.24, 2.45) is 0 Å². The van der Waals surface area contributed by atoms with E-state index in [0.29, 0.717) is 0 Å². The number of halogens is 1. The molecule has 4 heteroatoms. The van der Waals surface area contributed by atoms with Gasteiger partial charge in [0.25, 0.3) is 0 Å². The summed E-state index contributed by atoms with van der Waals surface area (Å²) >= 11 is 5.94. The number of nitrogens with one attached hydrogen (secondary N) is 2. The smallest absolute Gasteiger partial charge is 0.237 e. The van der Waals surface area contributed by atoms with E-state index in [1.165, 1.54) is 0 Å². The Morgan fingerprint density at radius 3 is 2.29 bits per heavy atom. The molecule has 0 aromatic heterocycles. The van der Waals surface area contributed by atoms with Gasteiger partial charge in [0.05, 0.1) is 6.04 Å². The molecule has 2 N–H and O–H groups in total. The number of amides is 1. The standard InChI is InChI=1S/C17H27ClN2O/c1-6-7-15(13-8-10-14(18)11-9-13)19-12(2)16(21)20-17(3,4)5/h8-12,15,19H,6-7H2,1-5H3,(H,20,21). The fourth-order valence-corrected chi connectivity index (χ4v) is 2.31. The van der Waals surface area contributed by atoms with Gasteiger partial charge in [-0.2, -0.15) is 0 Å². The van der Waals surface area contributed by atoms with Crippen molar-refractivity contribution in [3.63, 3.8) is 0 Å². The molecule has 0 bridgehead atoms. The van der Waals surface area contributed by atoms with Crippen LogP contribution in [0.2, 0.25) is 5.02 Å². The van der Waals surface area contributed by atoms with Crippen molar-refractivity contribution in [3.05, 3.63) is 34.9 Å². The molecule has 0 heterocycles. The van der Waals surface area contributed by atoms with E-state index in [-0.39, 0.29) is 23.5 Å². The second-order valence-electron chi connectivity index (χ2n) is 6.52. The highest BCUT2D eigenvalue weighted by atomic mass is 35.5. The highest BCUT2D eigenvalue weighted by molar-refractivity contribution is 6.30. The topological polar surface area (TPSA) is 41.1 Å². The Bertz CT molecular complexity index is 451. The lowest BCUT2D eigenvalue weighted by atomic mass is 10.0. The summed E-state index contributed by atoms with van der Waals surface area (Å²) in [6.07, 6.45) is 2.03. The summed E-state index contributed by atoms with van der Waals surface area (Å²) in [4.78, 5) is 12.2. The molecule has 1 aromatic carbocycles. The molecule has 0 saturated carbocycles. The average Bonchev–Trinajstić information content (AvgIpc) is 2.37. The molecule has 0 fully saturated rings. The van der Waals surface area contributed by atoms with Gasteiger partial charge in [-0.1, -0.05) is 37.1 Å². The van der Waals surface area contributed by atoms with Gasteiger partial charge in [-0.05, 0) is 51.8 Å². The second kappa shape index (κ2) is 7.81. The van der Waals surface area contributed by atoms with E-state index in [1.54, 1.807) is 0 Å². The third-order valence-corrected chi connectivity index (χ3v) is 3.44. The Balaban J connectivity index is 2.74. The molecule has 0 saturated heterocycles. The zero-order valence-electron chi connectivity index (χ0n) is 13.7. The van der Waals surface area contributed by atoms with E-state index in [1.807, 2.05) is 52.0 Å². The van der Waals surface area contributed by atoms with Crippen LogP contribution in [0.3, 0.4) is 0 Å². The van der Waals surface area contributed by atoms with Crippen LogP contribution in [-0.4, -0.2) is 17.5 Å². The van der Waals surface area contributed by atoms with Crippen molar-refractivity contribution in [2.45, 2.75) is 65.1 Å². The molecular formula is C17H27ClN2O. The van der Waals surface area contributed by atoms with Crippen LogP contribution in [0.15, 0.2) is 24.3 Å². The summed E-state index contributed by atoms with van der Waals surface area (Å²) in [7, 11) is 0. The number of hydrogen-bond acceptors (Lipinski definition) is 2. The van der Waals surface area contributed by atoms with Gasteiger partial charge in [0.15, 0.2) is 0 Å². The zero-order chi connectivity index (χ0) is 16.0. The minimum atomic E-state index is -0.239. The fraction of sp³-hybridized carbons (Fsp3) is 0.588. The minimum Gasteiger partial charge on any atom is -0.350 e. The van der Waals surface area contributed by atoms with E-state index >= 15 is 0 Å². The van der Waals surface area contributed by atoms with Crippen LogP contribution < -0.4 is 10.6 Å². The number of benzene rings is 1. The van der Waals surface area contributed by atoms with Crippen molar-refractivity contribution in [3.8, 4) is 0 Å². The molecule has 0 aliphatic heterocycles. The lowest BCUT2D eigenvalue weighted by Crippen LogP contribution is -2.50. The van der Waals surface area contributed by atoms with E-state index in [2.05, 4.69) is 17.6 Å². The first-order valence-electron chi connectivity index (χ1n) is 7.56. The zero-order valence-corrected chi connectivity index (χ0v) is 14.4. The van der Waals surface area contributed by atoms with Gasteiger partial charge in [0, 0.05) is 16.6 Å². The maximum atomic E-state index is 12.2. The normalized spacial score (nSPS) is 14.6. The van der Waals surface area contributed by atoms with Gasteiger partial charge in [-0.15, -0.1) is 0 Å². The average molecular weight is 311 g/mol. The molecule has 0 spiro atoms. The van der Waals surface area contributed by atoms with E-state index in [0.717, 1.165) is 23.4 Å². The van der Waals surface area contributed by atoms with Crippen molar-refractivity contribution in [1.82, 2.24) is 10.6 Å². The van der Waals surface area contributed by atoms with Crippen molar-refractivity contribution < 1.29 is 4.79 Å². The first-order valence-corrected chi connectivity index (χ1v) is 7.94. The van der Waals surface area contributed by atoms with Crippen LogP contribution >= 0.6 is 11.6 Å². The summed E-state index contributed by atoms with van der Waals surface area (Å²) in [6.45, 7) is 10.0. The first kappa shape index (κ1) is 18.0. The molecule has 2 unspecified atom stereocenters. The van der Waals surface area contributed by atoms with Crippen LogP contribution in [0.4, 0.5) is 0 Å². The largest absolute Gasteiger partial charge is 0.350 e. The molecular weight excluding hydrogens is 284 g/mol. The van der Waals surface area contributed by atoms with E-state index < -0.39 is 0 Å². The summed E-state index contributed by atoms with van der Waals surface area (Å²) in [5.74, 6) is 0.0255. The van der Waals surface area contributed by atoms with E-state index in [9.17, 15) is 4.79 Å². The first-order chi connectivity index (χ1) is 9.73. The maximum Gasteiger partial charge on any atom is 0.237 e. The summed E-state index contributed by atoms with van der Waals surface area (Å²) < 4.78 is 0. The Hall–Kier alpha value is -1.06. The molecule has 2 atom stereocenters. The Kier molecular flexibility index (Phi) is 6.69. The highest BCUT2D eigenvalue weighted by Gasteiger charge is 2.22. The Morgan fingerprint density at radius 2 is 1.81 bits per heavy atom. The molecule has 0 aliphatic rings. The molecule has 0 radical (unpaired) electrons. The van der Waals surface area contributed by atoms with Crippen LogP contribution in [0.25, 0.3) is 0 Å². The molecule has 3 nitrogen and oxygen atoms in total. The molecule has 1 rings (SSSR count). The SMILES string of the molecule is CCCC(NC(C)C(=O)NC(C)(C)C)c1ccc(Cl)cc1. The summed E-state index contributed by atoms with van der Waals surface area (Å²) in [5, 5.41) is 7.15. The number of rotatable bonds is 6. The van der Waals surface area contributed by atoms with Crippen molar-refractivity contribution in [2.75, 3.05) is 0 Å². The highest BCUT2D eigenvalue weighted by Crippen LogP contribution is 2.21. The number of hydrogen-bond donors (Lipinski definition) is 2. The number of carbonyl (C=O) groups is 1. The predicted molar refractivity (Wildman–Crippen MR) is 89.6 cm³/mol. The fourth-order valence-electron chi connectivity index (χ4n) is 2.19. The maximum absolute atomic E-state index is 12.2. The van der Waals surface area contributed by atoms with Gasteiger partial charge in [0.1, 0.15) is 0 Å². The number of carbonyl (C=O) groups excluding carboxylic acids is 1. The van der Waals surface area contributed by atoms with Crippen LogP contribution in [-0.2, 0) is 4.79 Å². The quantitative estimate of drug-likeness (QED) is 0.831. The van der Waals surface area contributed by atoms with Crippen LogP contribution in [0.5, 0.6) is 0 Å². The third kappa shape index (κ3) is 6.49. The minimum absolute atomic E-state index is 0.0255. The molecule has 1 amide bonds. The van der Waals surface area contributed by atoms with Gasteiger partial charge >= 0.3 is 0 Å². The van der Waals surface area contributed by atoms with Gasteiger partial charge in [-0.25, -0.2) is 0 Å². The van der Waals surface area contributed by atoms with Gasteiger partial charge in [-0.3, -0.25) is 10.1 Å². The van der Waals surface area contributed by atoms with Crippen molar-refractivity contribution in [1.29, 1.82) is 0 Å². The molecule has 118 valence electrons. The van der Waals surface area contributed by atoms with Crippen LogP contribution in [0.1, 0.15) is 59.1 Å². The van der Waals surface area contributed by atoms with Crippen LogP contribution in [0, 0.1) is 0 Å². The lowest BCUT2D eigenvalue weighted by molar-refractivity contribution is -0.124. The summed E-state index contributed by atoms with van der Waals surface area (Å²) in [6, 6.07) is 7.74. The third-order valence-electron chi connectivity index (χ3n) is 3.19. The van der Waals surface area contributed by atoms with E-state index in [4.69, 9.17) is 11.6 Å². The second-order valence-corrected chi connectivity index (χ2v) is 6.96. The molecule has 1 aromatic rings. The lowest BCUT2D eigenvalue weighted by Gasteiger charge is -2.27. The van der Waals surface area contributed by atoms with Gasteiger partial charge in [0.2, 0.25) is 5.91 Å². The monoisotopic (exact) mass is 310 g/mol. The molecule has 0 aliphatic carbocycles. The predicted octanol–water partition coefficient (Wildman–Crippen LogP) is 4.07. The Morgan fingerprint density at radius 1 is 1.24 bits per heavy atom. The summed E-state index contributed by atoms with van der Waals surface area (Å²) in [5.41, 5.74) is 0.949.